The number of hydrogen-bond donors (Lipinski definition) is 4. The molecule has 1 atom stereocenters. The number of hydrogen-bond acceptors (Lipinski definition) is 8. The van der Waals surface area contributed by atoms with Crippen LogP contribution in [0.15, 0.2) is 42.5 Å². The van der Waals surface area contributed by atoms with Crippen LogP contribution in [-0.4, -0.2) is 73.5 Å². The lowest BCUT2D eigenvalue weighted by molar-refractivity contribution is -0.131. The van der Waals surface area contributed by atoms with Crippen LogP contribution >= 0.6 is 0 Å². The van der Waals surface area contributed by atoms with E-state index in [1.54, 1.807) is 0 Å². The highest BCUT2D eigenvalue weighted by molar-refractivity contribution is 5.95. The van der Waals surface area contributed by atoms with Gasteiger partial charge in [-0.05, 0) is 60.0 Å². The number of aromatic amines is 1. The van der Waals surface area contributed by atoms with Crippen molar-refractivity contribution in [1.29, 1.82) is 5.41 Å². The van der Waals surface area contributed by atoms with E-state index in [-0.39, 0.29) is 17.7 Å². The minimum atomic E-state index is -0.380. The Morgan fingerprint density at radius 3 is 2.65 bits per heavy atom. The third kappa shape index (κ3) is 5.08. The number of rotatable bonds is 9. The fraction of sp³-hybridized carbons (Fsp3) is 0.360. The molecule has 0 radical (unpaired) electrons. The summed E-state index contributed by atoms with van der Waals surface area (Å²) in [6, 6.07) is 13.5. The number of nitrogens with zero attached hydrogens (tertiary/aromatic N) is 7. The van der Waals surface area contributed by atoms with Crippen LogP contribution in [-0.2, 0) is 18.4 Å². The summed E-state index contributed by atoms with van der Waals surface area (Å²) in [5, 5.41) is 25.1. The highest BCUT2D eigenvalue weighted by Gasteiger charge is 2.30. The van der Waals surface area contributed by atoms with E-state index in [1.165, 1.54) is 0 Å². The van der Waals surface area contributed by atoms with Gasteiger partial charge < -0.3 is 25.4 Å². The summed E-state index contributed by atoms with van der Waals surface area (Å²) in [7, 11) is 3.85. The Morgan fingerprint density at radius 1 is 1.22 bits per heavy atom. The first-order valence-electron chi connectivity index (χ1n) is 12.3. The zero-order chi connectivity index (χ0) is 25.9. The summed E-state index contributed by atoms with van der Waals surface area (Å²) >= 11 is 0. The Kier molecular flexibility index (Phi) is 6.71. The van der Waals surface area contributed by atoms with Gasteiger partial charge in [0, 0.05) is 45.0 Å². The first kappa shape index (κ1) is 24.2. The fourth-order valence-electron chi connectivity index (χ4n) is 4.75. The number of nitrogens with one attached hydrogen (secondary N) is 3. The summed E-state index contributed by atoms with van der Waals surface area (Å²) < 4.78 is 2.05. The van der Waals surface area contributed by atoms with Gasteiger partial charge in [-0.15, -0.1) is 5.10 Å². The molecule has 1 amide bonds. The van der Waals surface area contributed by atoms with E-state index in [4.69, 9.17) is 16.1 Å². The monoisotopic (exact) mass is 501 g/mol. The summed E-state index contributed by atoms with van der Waals surface area (Å²) in [4.78, 5) is 22.2. The lowest BCUT2D eigenvalue weighted by Crippen LogP contribution is -2.38. The second-order valence-corrected chi connectivity index (χ2v) is 9.36. The quantitative estimate of drug-likeness (QED) is 0.200. The van der Waals surface area contributed by atoms with Crippen LogP contribution < -0.4 is 16.0 Å². The SMILES string of the molecule is CN(CC(C(=O)N1CCCC1)c1ccc2c(c1)nc(CNc1ccc(C(=N)N)cc1)n2C)c1nn[nH]n1. The minimum absolute atomic E-state index is 0.0442. The third-order valence-corrected chi connectivity index (χ3v) is 6.89. The number of H-pyrrole nitrogens is 1. The summed E-state index contributed by atoms with van der Waals surface area (Å²) in [5.41, 5.74) is 9.89. The van der Waals surface area contributed by atoms with Gasteiger partial charge in [0.05, 0.1) is 23.5 Å². The number of carbonyl (C=O) groups excluding carboxylic acids is 1. The number of imidazole rings is 1. The van der Waals surface area contributed by atoms with Gasteiger partial charge in [-0.3, -0.25) is 10.2 Å². The molecule has 3 heterocycles. The van der Waals surface area contributed by atoms with Gasteiger partial charge in [0.1, 0.15) is 11.7 Å². The molecule has 2 aromatic carbocycles. The Hall–Kier alpha value is -4.48. The predicted octanol–water partition coefficient (Wildman–Crippen LogP) is 1.82. The molecular weight excluding hydrogens is 470 g/mol. The van der Waals surface area contributed by atoms with Crippen molar-refractivity contribution >= 4 is 34.4 Å². The predicted molar refractivity (Wildman–Crippen MR) is 142 cm³/mol. The number of fused-ring (bicyclic) bond motifs is 1. The van der Waals surface area contributed by atoms with E-state index < -0.39 is 0 Å². The van der Waals surface area contributed by atoms with E-state index in [2.05, 4.69) is 30.5 Å². The molecule has 5 rings (SSSR count). The number of benzene rings is 2. The topological polar surface area (TPSA) is 158 Å². The molecule has 0 bridgehead atoms. The molecular formula is C25H31N11O. The second kappa shape index (κ2) is 10.2. The molecule has 2 aromatic heterocycles. The van der Waals surface area contributed by atoms with Crippen molar-refractivity contribution in [3.05, 3.63) is 59.4 Å². The fourth-order valence-corrected chi connectivity index (χ4v) is 4.75. The van der Waals surface area contributed by atoms with Gasteiger partial charge in [0.25, 0.3) is 5.95 Å². The van der Waals surface area contributed by atoms with Crippen molar-refractivity contribution in [3.63, 3.8) is 0 Å². The number of nitrogens with two attached hydrogens (primary N) is 1. The van der Waals surface area contributed by atoms with Gasteiger partial charge in [0.2, 0.25) is 5.91 Å². The molecule has 12 nitrogen and oxygen atoms in total. The maximum atomic E-state index is 13.6. The van der Waals surface area contributed by atoms with Crippen LogP contribution in [0.25, 0.3) is 11.0 Å². The van der Waals surface area contributed by atoms with Crippen molar-refractivity contribution in [2.75, 3.05) is 36.9 Å². The smallest absolute Gasteiger partial charge is 0.265 e. The van der Waals surface area contributed by atoms with Crippen LogP contribution in [0.1, 0.15) is 35.7 Å². The van der Waals surface area contributed by atoms with Gasteiger partial charge in [-0.25, -0.2) is 4.98 Å². The zero-order valence-electron chi connectivity index (χ0n) is 21.0. The molecule has 0 spiro atoms. The average Bonchev–Trinajstić information content (AvgIpc) is 3.68. The molecule has 0 saturated carbocycles. The van der Waals surface area contributed by atoms with E-state index in [1.807, 2.05) is 66.4 Å². The molecule has 1 fully saturated rings. The number of carbonyl (C=O) groups is 1. The molecule has 1 unspecified atom stereocenters. The number of aromatic nitrogens is 6. The van der Waals surface area contributed by atoms with E-state index >= 15 is 0 Å². The van der Waals surface area contributed by atoms with Crippen molar-refractivity contribution in [1.82, 2.24) is 35.1 Å². The van der Waals surface area contributed by atoms with Crippen LogP contribution in [0.4, 0.5) is 11.6 Å². The van der Waals surface area contributed by atoms with Gasteiger partial charge in [0.15, 0.2) is 0 Å². The molecule has 4 aromatic rings. The molecule has 5 N–H and O–H groups in total. The number of amidine groups is 1. The van der Waals surface area contributed by atoms with Crippen molar-refractivity contribution in [2.24, 2.45) is 12.8 Å². The average molecular weight is 502 g/mol. The normalized spacial score (nSPS) is 14.2. The highest BCUT2D eigenvalue weighted by atomic mass is 16.2. The first-order valence-corrected chi connectivity index (χ1v) is 12.3. The molecule has 0 aliphatic carbocycles. The van der Waals surface area contributed by atoms with Gasteiger partial charge in [-0.1, -0.05) is 11.2 Å². The minimum Gasteiger partial charge on any atom is -0.384 e. The lowest BCUT2D eigenvalue weighted by Gasteiger charge is -2.27. The first-order chi connectivity index (χ1) is 17.9. The molecule has 12 heteroatoms. The zero-order valence-corrected chi connectivity index (χ0v) is 21.0. The van der Waals surface area contributed by atoms with Gasteiger partial charge in [-0.2, -0.15) is 5.21 Å². The van der Waals surface area contributed by atoms with Crippen molar-refractivity contribution in [3.8, 4) is 0 Å². The standard InChI is InChI=1S/C25H31N11O/c1-34(25-30-32-33-31-25)15-19(24(37)36-11-3-4-12-36)17-7-10-21-20(13-17)29-22(35(21)2)14-28-18-8-5-16(6-9-18)23(26)27/h5-10,13,19,28H,3-4,11-12,14-15H2,1-2H3,(H3,26,27)(H,30,31,32,33). The van der Waals surface area contributed by atoms with Crippen LogP contribution in [0.3, 0.4) is 0 Å². The summed E-state index contributed by atoms with van der Waals surface area (Å²) in [6.45, 7) is 2.53. The van der Waals surface area contributed by atoms with Crippen molar-refractivity contribution in [2.45, 2.75) is 25.3 Å². The van der Waals surface area contributed by atoms with Crippen LogP contribution in [0.2, 0.25) is 0 Å². The second-order valence-electron chi connectivity index (χ2n) is 9.36. The number of aryl methyl sites for hydroxylation is 1. The molecule has 1 saturated heterocycles. The number of anilines is 2. The third-order valence-electron chi connectivity index (χ3n) is 6.89. The molecule has 1 aliphatic heterocycles. The summed E-state index contributed by atoms with van der Waals surface area (Å²) in [5.74, 6) is 1.09. The maximum absolute atomic E-state index is 13.6. The number of likely N-dealkylation sites (tertiary alicyclic amines) is 1. The maximum Gasteiger partial charge on any atom is 0.265 e. The van der Waals surface area contributed by atoms with E-state index in [0.717, 1.165) is 54.0 Å². The van der Waals surface area contributed by atoms with Crippen LogP contribution in [0, 0.1) is 5.41 Å². The van der Waals surface area contributed by atoms with E-state index in [0.29, 0.717) is 24.6 Å². The highest BCUT2D eigenvalue weighted by Crippen LogP contribution is 2.27. The Labute approximate surface area is 214 Å². The Morgan fingerprint density at radius 2 is 1.97 bits per heavy atom. The van der Waals surface area contributed by atoms with Gasteiger partial charge >= 0.3 is 0 Å². The number of amides is 1. The molecule has 37 heavy (non-hydrogen) atoms. The summed E-state index contributed by atoms with van der Waals surface area (Å²) in [6.07, 6.45) is 2.07. The largest absolute Gasteiger partial charge is 0.384 e. The van der Waals surface area contributed by atoms with Crippen LogP contribution in [0.5, 0.6) is 0 Å². The van der Waals surface area contributed by atoms with E-state index in [9.17, 15) is 4.79 Å². The Balaban J connectivity index is 1.39. The number of nitrogen functional groups attached to an aromatic ring is 1. The lowest BCUT2D eigenvalue weighted by atomic mass is 9.96. The Bertz CT molecular complexity index is 1390. The number of tetrazole rings is 1. The van der Waals surface area contributed by atoms with Crippen molar-refractivity contribution < 1.29 is 4.79 Å². The number of likely N-dealkylation sites (N-methyl/N-ethyl adjacent to an activating group) is 1. The molecule has 192 valence electrons. The molecule has 1 aliphatic rings.